The molecule has 3 heterocycles. The molecule has 25 heavy (non-hydrogen) atoms. The summed E-state index contributed by atoms with van der Waals surface area (Å²) in [7, 11) is 2.18. The summed E-state index contributed by atoms with van der Waals surface area (Å²) in [5.41, 5.74) is -0.115. The van der Waals surface area contributed by atoms with Gasteiger partial charge in [0.15, 0.2) is 6.61 Å². The molecule has 1 atom stereocenters. The van der Waals surface area contributed by atoms with Crippen molar-refractivity contribution in [3.8, 4) is 5.75 Å². The monoisotopic (exact) mass is 345 g/mol. The molecule has 0 aromatic heterocycles. The fourth-order valence-corrected chi connectivity index (χ4v) is 4.04. The van der Waals surface area contributed by atoms with Crippen molar-refractivity contribution in [2.75, 3.05) is 59.5 Å². The Bertz CT molecular complexity index is 595. The van der Waals surface area contributed by atoms with Gasteiger partial charge in [-0.05, 0) is 25.6 Å². The van der Waals surface area contributed by atoms with Crippen LogP contribution in [0, 0.1) is 0 Å². The molecule has 3 fully saturated rings. The Hall–Kier alpha value is -1.63. The Morgan fingerprint density at radius 3 is 2.64 bits per heavy atom. The average molecular weight is 345 g/mol. The van der Waals surface area contributed by atoms with Gasteiger partial charge in [0, 0.05) is 32.2 Å². The Kier molecular flexibility index (Phi) is 4.67. The minimum Gasteiger partial charge on any atom is -0.484 e. The summed E-state index contributed by atoms with van der Waals surface area (Å²) < 4.78 is 11.7. The van der Waals surface area contributed by atoms with E-state index in [1.54, 1.807) is 0 Å². The molecule has 6 nitrogen and oxygen atoms in total. The van der Waals surface area contributed by atoms with Gasteiger partial charge in [0.1, 0.15) is 11.4 Å². The lowest BCUT2D eigenvalue weighted by atomic mass is 9.89. The van der Waals surface area contributed by atoms with Gasteiger partial charge >= 0.3 is 0 Å². The summed E-state index contributed by atoms with van der Waals surface area (Å²) in [5.74, 6) is 0.777. The molecule has 1 amide bonds. The minimum absolute atomic E-state index is 0.0427. The van der Waals surface area contributed by atoms with E-state index in [4.69, 9.17) is 9.47 Å². The number of hydrogen-bond acceptors (Lipinski definition) is 5. The van der Waals surface area contributed by atoms with E-state index in [1.807, 2.05) is 35.2 Å². The Labute approximate surface area is 149 Å². The van der Waals surface area contributed by atoms with Gasteiger partial charge in [-0.2, -0.15) is 0 Å². The van der Waals surface area contributed by atoms with E-state index < -0.39 is 0 Å². The summed E-state index contributed by atoms with van der Waals surface area (Å²) in [4.78, 5) is 19.1. The van der Waals surface area contributed by atoms with Crippen LogP contribution in [-0.4, -0.2) is 91.8 Å². The zero-order valence-electron chi connectivity index (χ0n) is 14.9. The van der Waals surface area contributed by atoms with Gasteiger partial charge in [-0.3, -0.25) is 9.69 Å². The normalized spacial score (nSPS) is 26.6. The van der Waals surface area contributed by atoms with Gasteiger partial charge in [-0.1, -0.05) is 18.2 Å². The first-order chi connectivity index (χ1) is 12.1. The number of nitrogens with zero attached hydrogens (tertiary/aromatic N) is 3. The lowest BCUT2D eigenvalue weighted by molar-refractivity contribution is -0.159. The third-order valence-corrected chi connectivity index (χ3v) is 5.66. The van der Waals surface area contributed by atoms with Gasteiger partial charge in [0.05, 0.1) is 19.7 Å². The maximum absolute atomic E-state index is 12.3. The molecule has 4 rings (SSSR count). The number of hydrogen-bond donors (Lipinski definition) is 0. The summed E-state index contributed by atoms with van der Waals surface area (Å²) >= 11 is 0. The van der Waals surface area contributed by atoms with Crippen molar-refractivity contribution in [2.45, 2.75) is 18.1 Å². The molecule has 136 valence electrons. The molecule has 3 aliphatic heterocycles. The van der Waals surface area contributed by atoms with Crippen molar-refractivity contribution in [3.05, 3.63) is 30.3 Å². The summed E-state index contributed by atoms with van der Waals surface area (Å²) in [5, 5.41) is 0. The van der Waals surface area contributed by atoms with E-state index in [1.165, 1.54) is 0 Å². The second kappa shape index (κ2) is 6.94. The van der Waals surface area contributed by atoms with E-state index in [0.717, 1.165) is 45.0 Å². The molecule has 0 aliphatic carbocycles. The number of amides is 1. The molecular formula is C19H27N3O3. The number of benzene rings is 1. The third-order valence-electron chi connectivity index (χ3n) is 5.66. The van der Waals surface area contributed by atoms with Crippen LogP contribution in [0.2, 0.25) is 0 Å². The van der Waals surface area contributed by atoms with Crippen molar-refractivity contribution in [3.63, 3.8) is 0 Å². The predicted octanol–water partition coefficient (Wildman–Crippen LogP) is 0.683. The molecule has 0 bridgehead atoms. The molecule has 1 unspecified atom stereocenters. The zero-order chi connectivity index (χ0) is 17.3. The molecular weight excluding hydrogens is 318 g/mol. The Balaban J connectivity index is 1.22. The number of piperazine rings is 1. The van der Waals surface area contributed by atoms with E-state index in [9.17, 15) is 4.79 Å². The maximum atomic E-state index is 12.3. The highest BCUT2D eigenvalue weighted by atomic mass is 16.5. The third kappa shape index (κ3) is 3.66. The number of carbonyl (C=O) groups excluding carboxylic acids is 1. The summed E-state index contributed by atoms with van der Waals surface area (Å²) in [6.45, 7) is 6.80. The average Bonchev–Trinajstić information content (AvgIpc) is 3.06. The quantitative estimate of drug-likeness (QED) is 0.803. The standard InChI is InChI=1S/C19H27N3O3/c1-20-7-9-21(10-8-20)16-11-19(25-12-16)14-22(15-19)18(23)13-24-17-5-3-2-4-6-17/h2-6,16H,7-15H2,1H3. The van der Waals surface area contributed by atoms with Crippen LogP contribution < -0.4 is 4.74 Å². The lowest BCUT2D eigenvalue weighted by Crippen LogP contribution is -2.64. The predicted molar refractivity (Wildman–Crippen MR) is 94.7 cm³/mol. The van der Waals surface area contributed by atoms with Crippen LogP contribution in [0.4, 0.5) is 0 Å². The largest absolute Gasteiger partial charge is 0.484 e. The molecule has 6 heteroatoms. The highest BCUT2D eigenvalue weighted by Crippen LogP contribution is 2.37. The van der Waals surface area contributed by atoms with Crippen LogP contribution in [-0.2, 0) is 9.53 Å². The maximum Gasteiger partial charge on any atom is 0.260 e. The van der Waals surface area contributed by atoms with Gasteiger partial charge < -0.3 is 19.3 Å². The van der Waals surface area contributed by atoms with Crippen molar-refractivity contribution >= 4 is 5.91 Å². The zero-order valence-corrected chi connectivity index (χ0v) is 14.9. The number of ether oxygens (including phenoxy) is 2. The summed E-state index contributed by atoms with van der Waals surface area (Å²) in [6.07, 6.45) is 1.04. The highest BCUT2D eigenvalue weighted by molar-refractivity contribution is 5.79. The minimum atomic E-state index is -0.115. The number of likely N-dealkylation sites (tertiary alicyclic amines) is 1. The smallest absolute Gasteiger partial charge is 0.260 e. The first-order valence-electron chi connectivity index (χ1n) is 9.16. The molecule has 0 saturated carbocycles. The molecule has 0 radical (unpaired) electrons. The van der Waals surface area contributed by atoms with E-state index in [-0.39, 0.29) is 18.1 Å². The first-order valence-corrected chi connectivity index (χ1v) is 9.16. The molecule has 3 aliphatic rings. The molecule has 0 N–H and O–H groups in total. The van der Waals surface area contributed by atoms with E-state index in [0.29, 0.717) is 19.1 Å². The van der Waals surface area contributed by atoms with Crippen LogP contribution in [0.1, 0.15) is 6.42 Å². The number of para-hydroxylation sites is 1. The van der Waals surface area contributed by atoms with Crippen LogP contribution >= 0.6 is 0 Å². The SMILES string of the molecule is CN1CCN(C2COC3(C2)CN(C(=O)COc2ccccc2)C3)CC1. The van der Waals surface area contributed by atoms with Crippen molar-refractivity contribution in [2.24, 2.45) is 0 Å². The second-order valence-electron chi connectivity index (χ2n) is 7.54. The molecule has 3 saturated heterocycles. The fourth-order valence-electron chi connectivity index (χ4n) is 4.04. The van der Waals surface area contributed by atoms with Crippen molar-refractivity contribution < 1.29 is 14.3 Å². The molecule has 1 aromatic rings. The van der Waals surface area contributed by atoms with E-state index >= 15 is 0 Å². The highest BCUT2D eigenvalue weighted by Gasteiger charge is 2.52. The number of likely N-dealkylation sites (N-methyl/N-ethyl adjacent to an activating group) is 1. The van der Waals surface area contributed by atoms with Gasteiger partial charge in [-0.15, -0.1) is 0 Å². The first kappa shape index (κ1) is 16.8. The van der Waals surface area contributed by atoms with Crippen molar-refractivity contribution in [1.82, 2.24) is 14.7 Å². The topological polar surface area (TPSA) is 45.2 Å². The van der Waals surface area contributed by atoms with Gasteiger partial charge in [0.2, 0.25) is 0 Å². The summed E-state index contributed by atoms with van der Waals surface area (Å²) in [6, 6.07) is 9.98. The number of carbonyl (C=O) groups is 1. The van der Waals surface area contributed by atoms with Crippen LogP contribution in [0.3, 0.4) is 0 Å². The fraction of sp³-hybridized carbons (Fsp3) is 0.632. The van der Waals surface area contributed by atoms with Gasteiger partial charge in [-0.25, -0.2) is 0 Å². The van der Waals surface area contributed by atoms with Crippen LogP contribution in [0.25, 0.3) is 0 Å². The molecule has 1 aromatic carbocycles. The second-order valence-corrected chi connectivity index (χ2v) is 7.54. The van der Waals surface area contributed by atoms with Crippen LogP contribution in [0.15, 0.2) is 30.3 Å². The van der Waals surface area contributed by atoms with E-state index in [2.05, 4.69) is 16.8 Å². The molecule has 1 spiro atoms. The van der Waals surface area contributed by atoms with Crippen molar-refractivity contribution in [1.29, 1.82) is 0 Å². The Morgan fingerprint density at radius 1 is 1.20 bits per heavy atom. The Morgan fingerprint density at radius 2 is 1.92 bits per heavy atom. The van der Waals surface area contributed by atoms with Crippen LogP contribution in [0.5, 0.6) is 5.75 Å². The lowest BCUT2D eigenvalue weighted by Gasteiger charge is -2.47. The van der Waals surface area contributed by atoms with Gasteiger partial charge in [0.25, 0.3) is 5.91 Å². The number of rotatable bonds is 4.